The van der Waals surface area contributed by atoms with Gasteiger partial charge in [0.25, 0.3) is 0 Å². The van der Waals surface area contributed by atoms with E-state index in [0.29, 0.717) is 6.54 Å². The van der Waals surface area contributed by atoms with Crippen molar-refractivity contribution >= 4 is 12.0 Å². The van der Waals surface area contributed by atoms with Gasteiger partial charge in [-0.15, -0.1) is 0 Å². The van der Waals surface area contributed by atoms with E-state index in [1.807, 2.05) is 0 Å². The smallest absolute Gasteiger partial charge is 0.409 e. The van der Waals surface area contributed by atoms with Crippen molar-refractivity contribution in [3.63, 3.8) is 0 Å². The quantitative estimate of drug-likeness (QED) is 0.634. The summed E-state index contributed by atoms with van der Waals surface area (Å²) in [5, 5.41) is 0. The van der Waals surface area contributed by atoms with E-state index in [-0.39, 0.29) is 12.5 Å². The number of carbonyl (C=O) groups excluding carboxylic acids is 2. The van der Waals surface area contributed by atoms with E-state index in [1.54, 1.807) is 21.0 Å². The van der Waals surface area contributed by atoms with Crippen LogP contribution in [0.2, 0.25) is 0 Å². The topological polar surface area (TPSA) is 49.9 Å². The zero-order valence-corrected chi connectivity index (χ0v) is 8.53. The minimum atomic E-state index is -0.474. The maximum atomic E-state index is 11.2. The van der Waals surface area contributed by atoms with E-state index < -0.39 is 6.09 Å². The fraction of sp³-hybridized carbons (Fsp3) is 0.750. The highest BCUT2D eigenvalue weighted by molar-refractivity contribution is 5.81. The first-order chi connectivity index (χ1) is 6.02. The molecule has 0 aliphatic rings. The highest BCUT2D eigenvalue weighted by atomic mass is 16.5. The summed E-state index contributed by atoms with van der Waals surface area (Å²) in [4.78, 5) is 25.0. The van der Waals surface area contributed by atoms with Crippen LogP contribution in [0.4, 0.5) is 4.79 Å². The Balaban J connectivity index is 4.13. The molecule has 0 saturated carbocycles. The molecule has 0 bridgehead atoms. The number of likely N-dealkylation sites (N-methyl/N-ethyl adjacent to an activating group) is 2. The Morgan fingerprint density at radius 1 is 1.31 bits per heavy atom. The van der Waals surface area contributed by atoms with Gasteiger partial charge in [0, 0.05) is 20.6 Å². The standard InChI is InChI=1S/C8H16N2O3/c1-5-10(8(12)13-4)6-7(11)9(2)3/h5-6H2,1-4H3. The van der Waals surface area contributed by atoms with Crippen molar-refractivity contribution < 1.29 is 14.3 Å². The Labute approximate surface area is 78.3 Å². The lowest BCUT2D eigenvalue weighted by atomic mass is 10.4. The Hall–Kier alpha value is -1.26. The molecule has 76 valence electrons. The van der Waals surface area contributed by atoms with Gasteiger partial charge in [0.1, 0.15) is 6.54 Å². The van der Waals surface area contributed by atoms with E-state index in [0.717, 1.165) is 0 Å². The summed E-state index contributed by atoms with van der Waals surface area (Å²) >= 11 is 0. The van der Waals surface area contributed by atoms with Crippen LogP contribution in [-0.2, 0) is 9.53 Å². The van der Waals surface area contributed by atoms with Crippen molar-refractivity contribution in [3.05, 3.63) is 0 Å². The van der Waals surface area contributed by atoms with Crippen LogP contribution in [-0.4, -0.2) is 56.1 Å². The van der Waals surface area contributed by atoms with Gasteiger partial charge in [-0.05, 0) is 6.92 Å². The number of hydrogen-bond donors (Lipinski definition) is 0. The minimum absolute atomic E-state index is 0.0656. The molecule has 0 saturated heterocycles. The second-order valence-electron chi connectivity index (χ2n) is 2.77. The van der Waals surface area contributed by atoms with Crippen molar-refractivity contribution in [2.24, 2.45) is 0 Å². The van der Waals surface area contributed by atoms with E-state index in [1.165, 1.54) is 16.9 Å². The summed E-state index contributed by atoms with van der Waals surface area (Å²) in [5.74, 6) is -0.118. The maximum absolute atomic E-state index is 11.2. The van der Waals surface area contributed by atoms with Gasteiger partial charge in [-0.2, -0.15) is 0 Å². The second-order valence-corrected chi connectivity index (χ2v) is 2.77. The number of nitrogens with zero attached hydrogens (tertiary/aromatic N) is 2. The van der Waals surface area contributed by atoms with Gasteiger partial charge in [-0.1, -0.05) is 0 Å². The third kappa shape index (κ3) is 3.78. The number of carbonyl (C=O) groups is 2. The van der Waals surface area contributed by atoms with Crippen molar-refractivity contribution in [2.75, 3.05) is 34.3 Å². The van der Waals surface area contributed by atoms with Gasteiger partial charge >= 0.3 is 6.09 Å². The van der Waals surface area contributed by atoms with Crippen molar-refractivity contribution in [1.29, 1.82) is 0 Å². The summed E-state index contributed by atoms with van der Waals surface area (Å²) in [5.41, 5.74) is 0. The summed E-state index contributed by atoms with van der Waals surface area (Å²) in [6.07, 6.45) is -0.474. The van der Waals surface area contributed by atoms with Crippen LogP contribution < -0.4 is 0 Å². The molecule has 0 aromatic rings. The van der Waals surface area contributed by atoms with E-state index >= 15 is 0 Å². The van der Waals surface area contributed by atoms with E-state index in [4.69, 9.17) is 0 Å². The summed E-state index contributed by atoms with van der Waals surface area (Å²) < 4.78 is 4.50. The Bertz CT molecular complexity index is 192. The third-order valence-electron chi connectivity index (χ3n) is 1.64. The molecule has 13 heavy (non-hydrogen) atoms. The number of rotatable bonds is 3. The monoisotopic (exact) mass is 188 g/mol. The molecule has 0 N–H and O–H groups in total. The van der Waals surface area contributed by atoms with Gasteiger partial charge in [0.2, 0.25) is 5.91 Å². The van der Waals surface area contributed by atoms with Crippen LogP contribution in [0.3, 0.4) is 0 Å². The summed E-state index contributed by atoms with van der Waals surface area (Å²) in [6.45, 7) is 2.32. The molecular formula is C8H16N2O3. The number of methoxy groups -OCH3 is 1. The van der Waals surface area contributed by atoms with Crippen LogP contribution >= 0.6 is 0 Å². The molecule has 0 unspecified atom stereocenters. The maximum Gasteiger partial charge on any atom is 0.409 e. The van der Waals surface area contributed by atoms with Crippen LogP contribution in [0.5, 0.6) is 0 Å². The molecule has 0 rings (SSSR count). The van der Waals surface area contributed by atoms with Crippen LogP contribution in [0.25, 0.3) is 0 Å². The highest BCUT2D eigenvalue weighted by Gasteiger charge is 2.16. The van der Waals surface area contributed by atoms with E-state index in [2.05, 4.69) is 4.74 Å². The van der Waals surface area contributed by atoms with E-state index in [9.17, 15) is 9.59 Å². The predicted molar refractivity (Wildman–Crippen MR) is 48.3 cm³/mol. The van der Waals surface area contributed by atoms with Gasteiger partial charge in [0.05, 0.1) is 7.11 Å². The molecular weight excluding hydrogens is 172 g/mol. The lowest BCUT2D eigenvalue weighted by molar-refractivity contribution is -0.129. The van der Waals surface area contributed by atoms with Crippen molar-refractivity contribution in [3.8, 4) is 0 Å². The SMILES string of the molecule is CCN(CC(=O)N(C)C)C(=O)OC. The molecule has 0 aliphatic carbocycles. The number of ether oxygens (including phenoxy) is 1. The average molecular weight is 188 g/mol. The molecule has 0 aromatic heterocycles. The molecule has 0 radical (unpaired) electrons. The van der Waals surface area contributed by atoms with Crippen LogP contribution in [0.15, 0.2) is 0 Å². The van der Waals surface area contributed by atoms with Crippen molar-refractivity contribution in [1.82, 2.24) is 9.80 Å². The van der Waals surface area contributed by atoms with Gasteiger partial charge in [0.15, 0.2) is 0 Å². The lowest BCUT2D eigenvalue weighted by Crippen LogP contribution is -2.40. The normalized spacial score (nSPS) is 9.23. The summed E-state index contributed by atoms with van der Waals surface area (Å²) in [6, 6.07) is 0. The average Bonchev–Trinajstić information content (AvgIpc) is 2.12. The van der Waals surface area contributed by atoms with Gasteiger partial charge in [-0.3, -0.25) is 9.69 Å². The first-order valence-electron chi connectivity index (χ1n) is 4.06. The molecule has 0 aliphatic heterocycles. The lowest BCUT2D eigenvalue weighted by Gasteiger charge is -2.20. The molecule has 0 atom stereocenters. The molecule has 2 amide bonds. The fourth-order valence-electron chi connectivity index (χ4n) is 0.739. The zero-order valence-electron chi connectivity index (χ0n) is 8.53. The van der Waals surface area contributed by atoms with Gasteiger partial charge < -0.3 is 9.64 Å². The highest BCUT2D eigenvalue weighted by Crippen LogP contribution is 1.93. The molecule has 0 aromatic carbocycles. The number of hydrogen-bond acceptors (Lipinski definition) is 3. The Kier molecular flexibility index (Phi) is 4.87. The zero-order chi connectivity index (χ0) is 10.4. The summed E-state index contributed by atoms with van der Waals surface area (Å²) in [7, 11) is 4.59. The first kappa shape index (κ1) is 11.7. The predicted octanol–water partition coefficient (Wildman–Crippen LogP) is 0.163. The molecule has 5 nitrogen and oxygen atoms in total. The first-order valence-corrected chi connectivity index (χ1v) is 4.06. The largest absolute Gasteiger partial charge is 0.453 e. The minimum Gasteiger partial charge on any atom is -0.453 e. The number of amides is 2. The van der Waals surface area contributed by atoms with Crippen LogP contribution in [0, 0.1) is 0 Å². The fourth-order valence-corrected chi connectivity index (χ4v) is 0.739. The molecule has 0 fully saturated rings. The third-order valence-corrected chi connectivity index (χ3v) is 1.64. The molecule has 0 heterocycles. The Morgan fingerprint density at radius 2 is 1.85 bits per heavy atom. The molecule has 5 heteroatoms. The Morgan fingerprint density at radius 3 is 2.15 bits per heavy atom. The van der Waals surface area contributed by atoms with Crippen molar-refractivity contribution in [2.45, 2.75) is 6.92 Å². The molecule has 0 spiro atoms. The van der Waals surface area contributed by atoms with Gasteiger partial charge in [-0.25, -0.2) is 4.79 Å². The van der Waals surface area contributed by atoms with Crippen LogP contribution in [0.1, 0.15) is 6.92 Å². The second kappa shape index (κ2) is 5.40.